The summed E-state index contributed by atoms with van der Waals surface area (Å²) in [7, 11) is 0. The molecule has 3 heteroatoms. The van der Waals surface area contributed by atoms with Crippen molar-refractivity contribution in [1.82, 2.24) is 0 Å². The summed E-state index contributed by atoms with van der Waals surface area (Å²) in [5.74, 6) is -0.656. The number of carboxylic acids is 1. The van der Waals surface area contributed by atoms with E-state index in [0.717, 1.165) is 12.8 Å². The lowest BCUT2D eigenvalue weighted by Crippen LogP contribution is -1.93. The molecule has 0 rings (SSSR count). The first-order chi connectivity index (χ1) is 10.3. The van der Waals surface area contributed by atoms with Crippen LogP contribution in [0.2, 0.25) is 0 Å². The van der Waals surface area contributed by atoms with Gasteiger partial charge >= 0.3 is 5.97 Å². The van der Waals surface area contributed by atoms with Crippen LogP contribution in [0.4, 0.5) is 0 Å². The first kappa shape index (κ1) is 20.9. The van der Waals surface area contributed by atoms with Crippen LogP contribution >= 0.6 is 22.6 Å². The van der Waals surface area contributed by atoms with Crippen LogP contribution in [-0.4, -0.2) is 11.1 Å². The second kappa shape index (κ2) is 18.0. The molecule has 0 fully saturated rings. The molecule has 0 amide bonds. The van der Waals surface area contributed by atoms with Crippen molar-refractivity contribution >= 4 is 28.6 Å². The second-order valence-electron chi connectivity index (χ2n) is 5.89. The zero-order chi connectivity index (χ0) is 15.6. The van der Waals surface area contributed by atoms with E-state index in [4.69, 9.17) is 5.11 Å². The van der Waals surface area contributed by atoms with Gasteiger partial charge in [0, 0.05) is 6.42 Å². The van der Waals surface area contributed by atoms with Gasteiger partial charge < -0.3 is 5.11 Å². The van der Waals surface area contributed by atoms with Gasteiger partial charge in [-0.2, -0.15) is 0 Å². The van der Waals surface area contributed by atoms with Crippen LogP contribution in [-0.2, 0) is 4.79 Å². The maximum atomic E-state index is 10.3. The highest BCUT2D eigenvalue weighted by Gasteiger charge is 1.97. The van der Waals surface area contributed by atoms with Crippen molar-refractivity contribution in [2.45, 2.75) is 96.3 Å². The minimum atomic E-state index is -0.656. The fraction of sp³-hybridized carbons (Fsp3) is 0.833. The van der Waals surface area contributed by atoms with Gasteiger partial charge in [-0.1, -0.05) is 99.3 Å². The molecule has 0 aromatic heterocycles. The number of carbonyl (C=O) groups is 1. The van der Waals surface area contributed by atoms with Crippen LogP contribution in [0.3, 0.4) is 0 Å². The molecule has 0 saturated carbocycles. The molecule has 2 nitrogen and oxygen atoms in total. The van der Waals surface area contributed by atoms with E-state index in [1.165, 1.54) is 77.0 Å². The highest BCUT2D eigenvalue weighted by Crippen LogP contribution is 2.13. The van der Waals surface area contributed by atoms with E-state index < -0.39 is 5.97 Å². The van der Waals surface area contributed by atoms with Crippen LogP contribution in [0.1, 0.15) is 96.3 Å². The highest BCUT2D eigenvalue weighted by molar-refractivity contribution is 14.1. The van der Waals surface area contributed by atoms with E-state index in [9.17, 15) is 4.79 Å². The molecule has 0 aliphatic carbocycles. The number of rotatable bonds is 16. The van der Waals surface area contributed by atoms with Gasteiger partial charge in [0.05, 0.1) is 0 Å². The topological polar surface area (TPSA) is 37.3 Å². The Morgan fingerprint density at radius 3 is 1.48 bits per heavy atom. The van der Waals surface area contributed by atoms with Crippen molar-refractivity contribution in [2.24, 2.45) is 0 Å². The average Bonchev–Trinajstić information content (AvgIpc) is 2.46. The summed E-state index contributed by atoms with van der Waals surface area (Å²) in [4.78, 5) is 10.3. The summed E-state index contributed by atoms with van der Waals surface area (Å²) in [5, 5.41) is 8.53. The molecule has 0 aromatic rings. The Bertz CT molecular complexity index is 252. The molecule has 124 valence electrons. The number of halogens is 1. The smallest absolute Gasteiger partial charge is 0.303 e. The first-order valence-corrected chi connectivity index (χ1v) is 9.99. The number of hydrogen-bond donors (Lipinski definition) is 1. The van der Waals surface area contributed by atoms with Crippen LogP contribution in [0.5, 0.6) is 0 Å². The normalized spacial score (nSPS) is 11.3. The van der Waals surface area contributed by atoms with Gasteiger partial charge in [0.25, 0.3) is 0 Å². The molecular formula is C18H33IO2. The predicted octanol–water partition coefficient (Wildman–Crippen LogP) is 6.87. The first-order valence-electron chi connectivity index (χ1n) is 8.74. The molecule has 1 N–H and O–H groups in total. The molecule has 21 heavy (non-hydrogen) atoms. The van der Waals surface area contributed by atoms with Crippen LogP contribution in [0.25, 0.3) is 0 Å². The Kier molecular flexibility index (Phi) is 17.9. The molecule has 0 aromatic carbocycles. The van der Waals surface area contributed by atoms with Gasteiger partial charge in [-0.15, -0.1) is 0 Å². The molecule has 0 atom stereocenters. The second-order valence-corrected chi connectivity index (χ2v) is 6.61. The molecule has 0 aliphatic heterocycles. The third kappa shape index (κ3) is 19.9. The minimum absolute atomic E-state index is 0.342. The SMILES string of the molecule is O=C(O)CCCCCCCCCCCCCCC/C=C/I. The van der Waals surface area contributed by atoms with E-state index in [1.54, 1.807) is 0 Å². The maximum Gasteiger partial charge on any atom is 0.303 e. The molecule has 0 spiro atoms. The molecule has 0 saturated heterocycles. The van der Waals surface area contributed by atoms with Crippen LogP contribution in [0, 0.1) is 0 Å². The Hall–Kier alpha value is -0.0600. The maximum absolute atomic E-state index is 10.3. The van der Waals surface area contributed by atoms with Gasteiger partial charge in [-0.25, -0.2) is 0 Å². The molecule has 0 heterocycles. The van der Waals surface area contributed by atoms with Gasteiger partial charge in [-0.3, -0.25) is 4.79 Å². The molecular weight excluding hydrogens is 375 g/mol. The number of allylic oxidation sites excluding steroid dienone is 1. The summed E-state index contributed by atoms with van der Waals surface area (Å²) in [6.45, 7) is 0. The largest absolute Gasteiger partial charge is 0.481 e. The fourth-order valence-corrected chi connectivity index (χ4v) is 2.91. The number of hydrogen-bond acceptors (Lipinski definition) is 1. The monoisotopic (exact) mass is 408 g/mol. The number of carboxylic acid groups (broad SMARTS) is 1. The highest BCUT2D eigenvalue weighted by atomic mass is 127. The van der Waals surface area contributed by atoms with E-state index in [2.05, 4.69) is 32.7 Å². The van der Waals surface area contributed by atoms with Crippen molar-refractivity contribution < 1.29 is 9.90 Å². The van der Waals surface area contributed by atoms with Crippen molar-refractivity contribution in [3.05, 3.63) is 10.2 Å². The van der Waals surface area contributed by atoms with Crippen molar-refractivity contribution in [3.63, 3.8) is 0 Å². The molecule has 0 unspecified atom stereocenters. The lowest BCUT2D eigenvalue weighted by atomic mass is 10.0. The van der Waals surface area contributed by atoms with Gasteiger partial charge in [0.1, 0.15) is 0 Å². The molecule has 0 bridgehead atoms. The standard InChI is InChI=1S/C18H33IO2/c19-17-15-13-11-9-7-5-3-1-2-4-6-8-10-12-14-16-18(20)21/h15,17H,1-14,16H2,(H,20,21)/b17-15+. The van der Waals surface area contributed by atoms with Crippen molar-refractivity contribution in [3.8, 4) is 0 Å². The van der Waals surface area contributed by atoms with E-state index >= 15 is 0 Å². The van der Waals surface area contributed by atoms with Crippen LogP contribution in [0.15, 0.2) is 10.2 Å². The zero-order valence-corrected chi connectivity index (χ0v) is 15.7. The Labute approximate surface area is 144 Å². The zero-order valence-electron chi connectivity index (χ0n) is 13.5. The Balaban J connectivity index is 2.98. The quantitative estimate of drug-likeness (QED) is 0.223. The van der Waals surface area contributed by atoms with E-state index in [0.29, 0.717) is 6.42 Å². The third-order valence-electron chi connectivity index (χ3n) is 3.85. The lowest BCUT2D eigenvalue weighted by molar-refractivity contribution is -0.137. The Morgan fingerprint density at radius 2 is 1.10 bits per heavy atom. The predicted molar refractivity (Wildman–Crippen MR) is 100 cm³/mol. The van der Waals surface area contributed by atoms with E-state index in [1.807, 2.05) is 0 Å². The Morgan fingerprint density at radius 1 is 0.714 bits per heavy atom. The van der Waals surface area contributed by atoms with Gasteiger partial charge in [-0.05, 0) is 23.3 Å². The van der Waals surface area contributed by atoms with E-state index in [-0.39, 0.29) is 0 Å². The average molecular weight is 408 g/mol. The summed E-state index contributed by atoms with van der Waals surface area (Å²) in [6, 6.07) is 0. The number of unbranched alkanes of at least 4 members (excludes halogenated alkanes) is 13. The van der Waals surface area contributed by atoms with Crippen molar-refractivity contribution in [1.29, 1.82) is 0 Å². The lowest BCUT2D eigenvalue weighted by Gasteiger charge is -2.02. The minimum Gasteiger partial charge on any atom is -0.481 e. The third-order valence-corrected chi connectivity index (χ3v) is 4.36. The summed E-state index contributed by atoms with van der Waals surface area (Å²) < 4.78 is 2.12. The summed E-state index contributed by atoms with van der Waals surface area (Å²) >= 11 is 2.29. The van der Waals surface area contributed by atoms with Gasteiger partial charge in [0.15, 0.2) is 0 Å². The molecule has 0 radical (unpaired) electrons. The van der Waals surface area contributed by atoms with Gasteiger partial charge in [0.2, 0.25) is 0 Å². The molecule has 0 aliphatic rings. The van der Waals surface area contributed by atoms with Crippen LogP contribution < -0.4 is 0 Å². The summed E-state index contributed by atoms with van der Waals surface area (Å²) in [6.07, 6.45) is 20.7. The number of aliphatic carboxylic acids is 1. The van der Waals surface area contributed by atoms with Crippen molar-refractivity contribution in [2.75, 3.05) is 0 Å². The fourth-order valence-electron chi connectivity index (χ4n) is 2.55. The summed E-state index contributed by atoms with van der Waals surface area (Å²) in [5.41, 5.74) is 0.